The third-order valence-corrected chi connectivity index (χ3v) is 4.27. The Morgan fingerprint density at radius 2 is 2.24 bits per heavy atom. The van der Waals surface area contributed by atoms with Crippen LogP contribution in [0.25, 0.3) is 0 Å². The van der Waals surface area contributed by atoms with Crippen molar-refractivity contribution in [1.82, 2.24) is 4.90 Å². The normalized spacial score (nSPS) is 22.1. The molecular weight excluding hydrogens is 270 g/mol. The minimum atomic E-state index is -0.493. The highest BCUT2D eigenvalue weighted by atomic mass is 16.6. The molecule has 21 heavy (non-hydrogen) atoms. The molecule has 6 nitrogen and oxygen atoms in total. The van der Waals surface area contributed by atoms with Crippen LogP contribution < -0.4 is 5.73 Å². The minimum absolute atomic E-state index is 0.103. The molecule has 6 heteroatoms. The van der Waals surface area contributed by atoms with Gasteiger partial charge in [0.05, 0.1) is 4.92 Å². The molecule has 0 saturated carbocycles. The first-order valence-corrected chi connectivity index (χ1v) is 7.24. The highest BCUT2D eigenvalue weighted by molar-refractivity contribution is 5.99. The van der Waals surface area contributed by atoms with Crippen LogP contribution in [-0.4, -0.2) is 34.9 Å². The SMILES string of the molecule is CCC1CN(C(=O)c2c(C)cccc2[N+](=O)[O-])CCC1N. The Labute approximate surface area is 124 Å². The van der Waals surface area contributed by atoms with E-state index in [4.69, 9.17) is 5.73 Å². The van der Waals surface area contributed by atoms with Gasteiger partial charge in [0.25, 0.3) is 11.6 Å². The summed E-state index contributed by atoms with van der Waals surface area (Å²) >= 11 is 0. The topological polar surface area (TPSA) is 89.5 Å². The van der Waals surface area contributed by atoms with E-state index < -0.39 is 4.92 Å². The van der Waals surface area contributed by atoms with Gasteiger partial charge in [0, 0.05) is 25.2 Å². The highest BCUT2D eigenvalue weighted by Gasteiger charge is 2.32. The number of aryl methyl sites for hydroxylation is 1. The number of carbonyl (C=O) groups is 1. The molecule has 1 fully saturated rings. The smallest absolute Gasteiger partial charge is 0.282 e. The van der Waals surface area contributed by atoms with Gasteiger partial charge in [-0.1, -0.05) is 25.5 Å². The summed E-state index contributed by atoms with van der Waals surface area (Å²) < 4.78 is 0. The Morgan fingerprint density at radius 3 is 2.86 bits per heavy atom. The van der Waals surface area contributed by atoms with E-state index in [-0.39, 0.29) is 29.1 Å². The van der Waals surface area contributed by atoms with E-state index in [2.05, 4.69) is 6.92 Å². The van der Waals surface area contributed by atoms with Crippen LogP contribution in [0.1, 0.15) is 35.7 Å². The van der Waals surface area contributed by atoms with Crippen LogP contribution in [0.5, 0.6) is 0 Å². The van der Waals surface area contributed by atoms with Crippen molar-refractivity contribution in [3.63, 3.8) is 0 Å². The summed E-state index contributed by atoms with van der Waals surface area (Å²) in [6.07, 6.45) is 1.64. The van der Waals surface area contributed by atoms with Crippen molar-refractivity contribution in [2.45, 2.75) is 32.7 Å². The number of piperidine rings is 1. The van der Waals surface area contributed by atoms with E-state index in [9.17, 15) is 14.9 Å². The third-order valence-electron chi connectivity index (χ3n) is 4.27. The van der Waals surface area contributed by atoms with Crippen LogP contribution in [0.15, 0.2) is 18.2 Å². The molecule has 2 rings (SSSR count). The van der Waals surface area contributed by atoms with Crippen molar-refractivity contribution in [3.8, 4) is 0 Å². The summed E-state index contributed by atoms with van der Waals surface area (Å²) in [5.41, 5.74) is 6.77. The summed E-state index contributed by atoms with van der Waals surface area (Å²) in [5, 5.41) is 11.1. The van der Waals surface area contributed by atoms with Gasteiger partial charge in [-0.25, -0.2) is 0 Å². The molecule has 0 aromatic heterocycles. The highest BCUT2D eigenvalue weighted by Crippen LogP contribution is 2.26. The van der Waals surface area contributed by atoms with Gasteiger partial charge in [-0.3, -0.25) is 14.9 Å². The molecule has 0 aliphatic carbocycles. The van der Waals surface area contributed by atoms with Gasteiger partial charge < -0.3 is 10.6 Å². The van der Waals surface area contributed by atoms with Crippen molar-refractivity contribution >= 4 is 11.6 Å². The number of nitro benzene ring substituents is 1. The van der Waals surface area contributed by atoms with E-state index in [0.29, 0.717) is 18.7 Å². The lowest BCUT2D eigenvalue weighted by Gasteiger charge is -2.36. The molecule has 1 saturated heterocycles. The van der Waals surface area contributed by atoms with Crippen molar-refractivity contribution in [3.05, 3.63) is 39.4 Å². The number of hydrogen-bond donors (Lipinski definition) is 1. The largest absolute Gasteiger partial charge is 0.338 e. The average Bonchev–Trinajstić information content (AvgIpc) is 2.46. The molecule has 1 aliphatic heterocycles. The standard InChI is InChI=1S/C15H21N3O3/c1-3-11-9-17(8-7-12(11)16)15(19)14-10(2)5-4-6-13(14)18(20)21/h4-6,11-12H,3,7-9,16H2,1-2H3. The second-order valence-electron chi connectivity index (χ2n) is 5.60. The zero-order chi connectivity index (χ0) is 15.6. The van der Waals surface area contributed by atoms with E-state index in [1.54, 1.807) is 24.0 Å². The van der Waals surface area contributed by atoms with Gasteiger partial charge in [0.2, 0.25) is 0 Å². The number of nitro groups is 1. The van der Waals surface area contributed by atoms with Gasteiger partial charge in [0.1, 0.15) is 5.56 Å². The first-order chi connectivity index (χ1) is 9.95. The number of hydrogen-bond acceptors (Lipinski definition) is 4. The second-order valence-corrected chi connectivity index (χ2v) is 5.60. The van der Waals surface area contributed by atoms with E-state index in [1.807, 2.05) is 0 Å². The monoisotopic (exact) mass is 291 g/mol. The van der Waals surface area contributed by atoms with Crippen LogP contribution in [0, 0.1) is 23.0 Å². The lowest BCUT2D eigenvalue weighted by atomic mass is 9.90. The van der Waals surface area contributed by atoms with Gasteiger partial charge in [-0.15, -0.1) is 0 Å². The van der Waals surface area contributed by atoms with Crippen LogP contribution in [-0.2, 0) is 0 Å². The molecule has 114 valence electrons. The molecule has 1 aliphatic rings. The fraction of sp³-hybridized carbons (Fsp3) is 0.533. The van der Waals surface area contributed by atoms with Crippen molar-refractivity contribution in [2.75, 3.05) is 13.1 Å². The second kappa shape index (κ2) is 6.22. The van der Waals surface area contributed by atoms with E-state index >= 15 is 0 Å². The van der Waals surface area contributed by atoms with Crippen molar-refractivity contribution in [2.24, 2.45) is 11.7 Å². The molecule has 1 amide bonds. The molecule has 2 atom stereocenters. The number of carbonyl (C=O) groups excluding carboxylic acids is 1. The fourth-order valence-corrected chi connectivity index (χ4v) is 2.91. The van der Waals surface area contributed by atoms with Gasteiger partial charge in [-0.2, -0.15) is 0 Å². The van der Waals surface area contributed by atoms with E-state index in [0.717, 1.165) is 12.8 Å². The molecule has 1 aromatic carbocycles. The minimum Gasteiger partial charge on any atom is -0.338 e. The predicted molar refractivity (Wildman–Crippen MR) is 80.1 cm³/mol. The molecule has 2 unspecified atom stereocenters. The summed E-state index contributed by atoms with van der Waals surface area (Å²) in [6.45, 7) is 4.91. The van der Waals surface area contributed by atoms with Crippen LogP contribution in [0.2, 0.25) is 0 Å². The molecule has 0 bridgehead atoms. The van der Waals surface area contributed by atoms with Crippen LogP contribution >= 0.6 is 0 Å². The number of nitrogens with two attached hydrogens (primary N) is 1. The molecule has 1 aromatic rings. The summed E-state index contributed by atoms with van der Waals surface area (Å²) in [5.74, 6) is -0.00377. The van der Waals surface area contributed by atoms with E-state index in [1.165, 1.54) is 6.07 Å². The molecule has 1 heterocycles. The number of benzene rings is 1. The lowest BCUT2D eigenvalue weighted by Crippen LogP contribution is -2.49. The summed E-state index contributed by atoms with van der Waals surface area (Å²) in [4.78, 5) is 25.1. The lowest BCUT2D eigenvalue weighted by molar-refractivity contribution is -0.385. The Balaban J connectivity index is 2.30. The average molecular weight is 291 g/mol. The Hall–Kier alpha value is -1.95. The zero-order valence-electron chi connectivity index (χ0n) is 12.4. The maximum absolute atomic E-state index is 12.7. The summed E-state index contributed by atoms with van der Waals surface area (Å²) in [7, 11) is 0. The first-order valence-electron chi connectivity index (χ1n) is 7.24. The van der Waals surface area contributed by atoms with Gasteiger partial charge in [-0.05, 0) is 24.8 Å². The van der Waals surface area contributed by atoms with Gasteiger partial charge in [0.15, 0.2) is 0 Å². The summed E-state index contributed by atoms with van der Waals surface area (Å²) in [6, 6.07) is 4.82. The number of likely N-dealkylation sites (tertiary alicyclic amines) is 1. The van der Waals surface area contributed by atoms with Gasteiger partial charge >= 0.3 is 0 Å². The number of nitrogens with zero attached hydrogens (tertiary/aromatic N) is 2. The number of rotatable bonds is 3. The number of amides is 1. The van der Waals surface area contributed by atoms with Crippen LogP contribution in [0.4, 0.5) is 5.69 Å². The van der Waals surface area contributed by atoms with Crippen molar-refractivity contribution in [1.29, 1.82) is 0 Å². The van der Waals surface area contributed by atoms with Crippen LogP contribution in [0.3, 0.4) is 0 Å². The molecular formula is C15H21N3O3. The zero-order valence-corrected chi connectivity index (χ0v) is 12.4. The molecule has 2 N–H and O–H groups in total. The third kappa shape index (κ3) is 3.05. The molecule has 0 spiro atoms. The fourth-order valence-electron chi connectivity index (χ4n) is 2.91. The molecule has 0 radical (unpaired) electrons. The predicted octanol–water partition coefficient (Wildman–Crippen LogP) is 2.10. The maximum atomic E-state index is 12.7. The Kier molecular flexibility index (Phi) is 4.57. The van der Waals surface area contributed by atoms with Crippen molar-refractivity contribution < 1.29 is 9.72 Å². The Morgan fingerprint density at radius 1 is 1.52 bits per heavy atom. The first kappa shape index (κ1) is 15.4. The Bertz CT molecular complexity index is 559. The quantitative estimate of drug-likeness (QED) is 0.682. The maximum Gasteiger partial charge on any atom is 0.282 e.